The van der Waals surface area contributed by atoms with E-state index >= 15 is 0 Å². The van der Waals surface area contributed by atoms with E-state index < -0.39 is 0 Å². The van der Waals surface area contributed by atoms with Gasteiger partial charge in [0.15, 0.2) is 0 Å². The zero-order valence-electron chi connectivity index (χ0n) is 31.6. The first-order valence-electron chi connectivity index (χ1n) is 20.3. The molecular formula is C54H36N2O2. The Morgan fingerprint density at radius 2 is 1.12 bits per heavy atom. The van der Waals surface area contributed by atoms with Crippen molar-refractivity contribution < 1.29 is 8.83 Å². The first-order valence-corrected chi connectivity index (χ1v) is 20.3. The molecule has 0 spiro atoms. The number of nitrogens with zero attached hydrogens (tertiary/aromatic N) is 2. The highest BCUT2D eigenvalue weighted by Gasteiger charge is 2.37. The summed E-state index contributed by atoms with van der Waals surface area (Å²) >= 11 is 0. The second kappa shape index (κ2) is 12.1. The van der Waals surface area contributed by atoms with Crippen molar-refractivity contribution in [2.45, 2.75) is 24.8 Å². The van der Waals surface area contributed by atoms with Crippen LogP contribution in [0.5, 0.6) is 0 Å². The molecule has 0 N–H and O–H groups in total. The van der Waals surface area contributed by atoms with E-state index in [2.05, 4.69) is 192 Å². The summed E-state index contributed by atoms with van der Waals surface area (Å²) in [7, 11) is 0. The van der Waals surface area contributed by atoms with Gasteiger partial charge >= 0.3 is 0 Å². The van der Waals surface area contributed by atoms with Gasteiger partial charge in [0.1, 0.15) is 22.3 Å². The molecule has 0 saturated heterocycles. The molecule has 2 atom stereocenters. The molecule has 1 aliphatic heterocycles. The van der Waals surface area contributed by atoms with Gasteiger partial charge in [0.25, 0.3) is 0 Å². The molecule has 2 aliphatic carbocycles. The fourth-order valence-corrected chi connectivity index (χ4v) is 10.1. The molecule has 13 rings (SSSR count). The first kappa shape index (κ1) is 31.9. The Morgan fingerprint density at radius 3 is 1.90 bits per heavy atom. The summed E-state index contributed by atoms with van der Waals surface area (Å²) in [6, 6.07) is 53.2. The fraction of sp³-hybridized carbons (Fsp3) is 0.0741. The maximum absolute atomic E-state index is 6.42. The van der Waals surface area contributed by atoms with Gasteiger partial charge in [-0.25, -0.2) is 0 Å². The van der Waals surface area contributed by atoms with Gasteiger partial charge in [0.05, 0.1) is 11.6 Å². The van der Waals surface area contributed by atoms with Crippen LogP contribution in [0.4, 0.5) is 11.4 Å². The number of para-hydroxylation sites is 2. The van der Waals surface area contributed by atoms with Gasteiger partial charge in [-0.2, -0.15) is 0 Å². The maximum atomic E-state index is 6.42. The summed E-state index contributed by atoms with van der Waals surface area (Å²) in [5.74, 6) is 0.343. The predicted octanol–water partition coefficient (Wildman–Crippen LogP) is 14.5. The molecule has 4 nitrogen and oxygen atoms in total. The number of aryl methyl sites for hydroxylation is 1. The molecule has 7 aromatic carbocycles. The van der Waals surface area contributed by atoms with Crippen molar-refractivity contribution in [1.82, 2.24) is 4.57 Å². The molecule has 4 heterocycles. The minimum Gasteiger partial charge on any atom is -0.456 e. The van der Waals surface area contributed by atoms with E-state index in [1.165, 1.54) is 39.1 Å². The monoisotopic (exact) mass is 744 g/mol. The molecule has 0 saturated carbocycles. The van der Waals surface area contributed by atoms with Gasteiger partial charge in [-0.3, -0.25) is 0 Å². The van der Waals surface area contributed by atoms with Crippen LogP contribution in [0.1, 0.15) is 29.2 Å². The van der Waals surface area contributed by atoms with Crippen LogP contribution in [0.15, 0.2) is 185 Å². The number of hydrogen-bond acceptors (Lipinski definition) is 3. The molecule has 274 valence electrons. The molecule has 3 aromatic heterocycles. The van der Waals surface area contributed by atoms with Crippen molar-refractivity contribution in [2.24, 2.45) is 0 Å². The van der Waals surface area contributed by atoms with Crippen LogP contribution in [-0.2, 0) is 6.42 Å². The minimum absolute atomic E-state index is 0.250. The summed E-state index contributed by atoms with van der Waals surface area (Å²) in [4.78, 5) is 2.49. The lowest BCUT2D eigenvalue weighted by Gasteiger charge is -2.28. The van der Waals surface area contributed by atoms with Crippen LogP contribution >= 0.6 is 0 Å². The Morgan fingerprint density at radius 1 is 0.500 bits per heavy atom. The number of furan rings is 2. The number of aromatic nitrogens is 1. The van der Waals surface area contributed by atoms with Gasteiger partial charge in [0.2, 0.25) is 0 Å². The molecule has 10 aromatic rings. The molecular weight excluding hydrogens is 709 g/mol. The number of hydrogen-bond donors (Lipinski definition) is 0. The molecule has 58 heavy (non-hydrogen) atoms. The van der Waals surface area contributed by atoms with Crippen molar-refractivity contribution in [3.05, 3.63) is 193 Å². The topological polar surface area (TPSA) is 34.5 Å². The summed E-state index contributed by atoms with van der Waals surface area (Å²) in [5, 5.41) is 5.83. The van der Waals surface area contributed by atoms with Crippen molar-refractivity contribution in [1.29, 1.82) is 0 Å². The zero-order valence-corrected chi connectivity index (χ0v) is 31.6. The second-order valence-corrected chi connectivity index (χ2v) is 15.9. The van der Waals surface area contributed by atoms with E-state index in [0.717, 1.165) is 84.7 Å². The number of rotatable bonds is 4. The van der Waals surface area contributed by atoms with E-state index in [1.807, 2.05) is 0 Å². The minimum atomic E-state index is 0.250. The van der Waals surface area contributed by atoms with Gasteiger partial charge < -0.3 is 18.3 Å². The molecule has 0 fully saturated rings. The Labute approximate surface area is 334 Å². The van der Waals surface area contributed by atoms with Crippen molar-refractivity contribution in [3.63, 3.8) is 0 Å². The Bertz CT molecular complexity index is 3440. The van der Waals surface area contributed by atoms with Crippen molar-refractivity contribution in [3.8, 4) is 27.9 Å². The normalized spacial score (nSPS) is 16.9. The molecule has 0 amide bonds. The highest BCUT2D eigenvalue weighted by molar-refractivity contribution is 6.09. The Hall–Kier alpha value is -7.30. The smallest absolute Gasteiger partial charge is 0.135 e. The second-order valence-electron chi connectivity index (χ2n) is 15.9. The molecule has 4 heteroatoms. The van der Waals surface area contributed by atoms with E-state index in [1.54, 1.807) is 0 Å². The SMILES string of the molecule is C1=CC2c3ccccc3N(c3ccc4oc5ccc(-c6cccc(-c7ccc8oc9ccc(-n%10c%11c(c%12ccccc%12%10)CCC=C%11)cc9c8c7)c6)cc5c4c3)C2C=C1. The van der Waals surface area contributed by atoms with Crippen molar-refractivity contribution in [2.75, 3.05) is 4.90 Å². The number of allylic oxidation sites excluding steroid dienone is 3. The Kier molecular flexibility index (Phi) is 6.65. The van der Waals surface area contributed by atoms with Crippen LogP contribution in [0.3, 0.4) is 0 Å². The van der Waals surface area contributed by atoms with Crippen LogP contribution < -0.4 is 4.90 Å². The number of fused-ring (bicyclic) bond motifs is 12. The number of anilines is 2. The maximum Gasteiger partial charge on any atom is 0.135 e. The third-order valence-electron chi connectivity index (χ3n) is 12.8. The lowest BCUT2D eigenvalue weighted by molar-refractivity contribution is 0.668. The summed E-state index contributed by atoms with van der Waals surface area (Å²) in [6.45, 7) is 0. The van der Waals surface area contributed by atoms with Gasteiger partial charge in [0, 0.05) is 55.6 Å². The van der Waals surface area contributed by atoms with E-state index in [4.69, 9.17) is 8.83 Å². The third-order valence-corrected chi connectivity index (χ3v) is 12.8. The van der Waals surface area contributed by atoms with E-state index in [-0.39, 0.29) is 6.04 Å². The lowest BCUT2D eigenvalue weighted by Crippen LogP contribution is -2.28. The van der Waals surface area contributed by atoms with Crippen LogP contribution in [0, 0.1) is 0 Å². The summed E-state index contributed by atoms with van der Waals surface area (Å²) < 4.78 is 15.3. The molecule has 0 bridgehead atoms. The van der Waals surface area contributed by atoms with E-state index in [9.17, 15) is 0 Å². The third kappa shape index (κ3) is 4.63. The average molecular weight is 745 g/mol. The van der Waals surface area contributed by atoms with Gasteiger partial charge in [-0.05, 0) is 131 Å². The van der Waals surface area contributed by atoms with Crippen molar-refractivity contribution >= 4 is 72.2 Å². The molecule has 2 unspecified atom stereocenters. The average Bonchev–Trinajstić information content (AvgIpc) is 4.03. The quantitative estimate of drug-likeness (QED) is 0.180. The molecule has 3 aliphatic rings. The zero-order chi connectivity index (χ0) is 37.9. The number of benzene rings is 7. The highest BCUT2D eigenvalue weighted by atomic mass is 16.3. The van der Waals surface area contributed by atoms with Crippen LogP contribution in [0.2, 0.25) is 0 Å². The van der Waals surface area contributed by atoms with Gasteiger partial charge in [-0.1, -0.05) is 97.1 Å². The first-order chi connectivity index (χ1) is 28.7. The molecule has 0 radical (unpaired) electrons. The highest BCUT2D eigenvalue weighted by Crippen LogP contribution is 2.48. The van der Waals surface area contributed by atoms with Crippen LogP contribution in [0.25, 0.3) is 88.8 Å². The van der Waals surface area contributed by atoms with Crippen LogP contribution in [-0.4, -0.2) is 10.6 Å². The standard InChI is InChI=1S/C54H36N2O2/c1-5-16-47-39(12-1)40-13-2-6-17-48(40)55(47)37-22-26-53-45(31-37)43-29-35(20-24-51(43)57-53)33-10-9-11-34(28-33)36-21-25-52-44(30-36)46-32-38(23-27-54(46)58-52)56-49-18-7-3-14-41(49)42-15-4-8-19-50(42)56/h1-3,5-14,16-32,39,47H,4,15H2. The van der Waals surface area contributed by atoms with E-state index in [0.29, 0.717) is 5.92 Å². The largest absolute Gasteiger partial charge is 0.456 e. The lowest BCUT2D eigenvalue weighted by atomic mass is 9.91. The Balaban J connectivity index is 0.884. The predicted molar refractivity (Wildman–Crippen MR) is 239 cm³/mol. The summed E-state index contributed by atoms with van der Waals surface area (Å²) in [6.07, 6.45) is 15.7. The van der Waals surface area contributed by atoms with Gasteiger partial charge in [-0.15, -0.1) is 0 Å². The summed E-state index contributed by atoms with van der Waals surface area (Å²) in [5.41, 5.74) is 17.2. The fourth-order valence-electron chi connectivity index (χ4n) is 10.1.